The topological polar surface area (TPSA) is 73.1 Å². The molecule has 1 aliphatic rings. The van der Waals surface area contributed by atoms with Crippen LogP contribution in [0.3, 0.4) is 0 Å². The molecular weight excluding hydrogens is 514 g/mol. The molecule has 5 aromatic rings. The lowest BCUT2D eigenvalue weighted by Crippen LogP contribution is -2.30. The molecule has 0 fully saturated rings. The second kappa shape index (κ2) is 10.7. The minimum absolute atomic E-state index is 0.0284. The van der Waals surface area contributed by atoms with Gasteiger partial charge in [0.1, 0.15) is 5.75 Å². The number of fused-ring (bicyclic) bond motifs is 2. The Balaban J connectivity index is 1.33. The zero-order chi connectivity index (χ0) is 25.9. The molecule has 38 heavy (non-hydrogen) atoms. The van der Waals surface area contributed by atoms with E-state index in [9.17, 15) is 4.79 Å². The quantitative estimate of drug-likeness (QED) is 0.215. The van der Waals surface area contributed by atoms with Gasteiger partial charge < -0.3 is 4.74 Å². The highest BCUT2D eigenvalue weighted by atomic mass is 32.2. The molecule has 3 aromatic carbocycles. The number of aromatic nitrogens is 4. The lowest BCUT2D eigenvalue weighted by Gasteiger charge is -2.30. The van der Waals surface area contributed by atoms with Crippen LogP contribution in [0.25, 0.3) is 17.1 Å². The Bertz CT molecular complexity index is 1540. The average molecular weight is 538 g/mol. The average Bonchev–Trinajstić information content (AvgIpc) is 3.39. The van der Waals surface area contributed by atoms with Crippen LogP contribution in [-0.2, 0) is 4.79 Å². The number of hydrogen-bond acceptors (Lipinski definition) is 7. The predicted octanol–water partition coefficient (Wildman–Crippen LogP) is 6.65. The molecule has 0 bridgehead atoms. The monoisotopic (exact) mass is 537 g/mol. The van der Waals surface area contributed by atoms with E-state index in [1.54, 1.807) is 24.2 Å². The van der Waals surface area contributed by atoms with Crippen LogP contribution in [0, 0.1) is 0 Å². The molecule has 0 radical (unpaired) electrons. The van der Waals surface area contributed by atoms with Crippen molar-refractivity contribution in [3.63, 3.8) is 0 Å². The molecule has 6 rings (SSSR count). The maximum atomic E-state index is 13.7. The number of pyridine rings is 1. The van der Waals surface area contributed by atoms with Crippen molar-refractivity contribution in [2.75, 3.05) is 17.3 Å². The van der Waals surface area contributed by atoms with Gasteiger partial charge in [0, 0.05) is 33.4 Å². The van der Waals surface area contributed by atoms with E-state index in [1.165, 1.54) is 11.8 Å². The van der Waals surface area contributed by atoms with Crippen molar-refractivity contribution in [1.29, 1.82) is 0 Å². The number of thioether (sulfide) groups is 1. The van der Waals surface area contributed by atoms with Gasteiger partial charge in [0.05, 0.1) is 23.7 Å². The third-order valence-corrected chi connectivity index (χ3v) is 8.01. The van der Waals surface area contributed by atoms with E-state index in [2.05, 4.69) is 15.2 Å². The smallest absolute Gasteiger partial charge is 0.242 e. The van der Waals surface area contributed by atoms with Crippen molar-refractivity contribution in [3.05, 3.63) is 97.3 Å². The fourth-order valence-corrected chi connectivity index (χ4v) is 6.16. The molecule has 0 saturated heterocycles. The second-order valence-corrected chi connectivity index (χ2v) is 10.4. The van der Waals surface area contributed by atoms with Crippen LogP contribution in [0.2, 0.25) is 0 Å². The molecule has 0 unspecified atom stereocenters. The molecule has 7 nitrogen and oxygen atoms in total. The van der Waals surface area contributed by atoms with E-state index < -0.39 is 0 Å². The fraction of sp³-hybridized carbons (Fsp3) is 0.103. The van der Waals surface area contributed by atoms with Crippen LogP contribution in [0.4, 0.5) is 11.4 Å². The highest BCUT2D eigenvalue weighted by molar-refractivity contribution is 8.00. The summed E-state index contributed by atoms with van der Waals surface area (Å²) < 4.78 is 7.58. The molecule has 0 spiro atoms. The molecule has 9 heteroatoms. The number of ether oxygens (including phenoxy) is 1. The Morgan fingerprint density at radius 3 is 2.26 bits per heavy atom. The molecule has 0 aliphatic carbocycles. The Morgan fingerprint density at radius 2 is 1.61 bits per heavy atom. The number of amides is 1. The summed E-state index contributed by atoms with van der Waals surface area (Å²) in [6.07, 6.45) is 3.48. The van der Waals surface area contributed by atoms with Crippen molar-refractivity contribution in [3.8, 4) is 22.8 Å². The molecule has 188 valence electrons. The van der Waals surface area contributed by atoms with Gasteiger partial charge in [-0.3, -0.25) is 19.2 Å². The first-order chi connectivity index (χ1) is 18.7. The number of carbonyl (C=O) groups excluding carboxylic acids is 1. The van der Waals surface area contributed by atoms with Crippen LogP contribution >= 0.6 is 23.5 Å². The SMILES string of the molecule is CCOc1ccc(-n2c(SCC(=O)N3c4ccccc4Sc4ccccc43)nnc2-c2cccnc2)cc1. The zero-order valence-corrected chi connectivity index (χ0v) is 22.2. The highest BCUT2D eigenvalue weighted by Crippen LogP contribution is 2.48. The summed E-state index contributed by atoms with van der Waals surface area (Å²) in [7, 11) is 0. The lowest BCUT2D eigenvalue weighted by molar-refractivity contribution is -0.115. The molecule has 1 amide bonds. The van der Waals surface area contributed by atoms with Crippen LogP contribution in [-0.4, -0.2) is 38.0 Å². The summed E-state index contributed by atoms with van der Waals surface area (Å²) in [5, 5.41) is 9.57. The summed E-state index contributed by atoms with van der Waals surface area (Å²) in [6, 6.07) is 27.6. The van der Waals surface area contributed by atoms with Crippen molar-refractivity contribution in [2.24, 2.45) is 0 Å². The number of para-hydroxylation sites is 2. The number of nitrogens with zero attached hydrogens (tertiary/aromatic N) is 5. The fourth-order valence-electron chi connectivity index (χ4n) is 4.30. The Morgan fingerprint density at radius 1 is 0.895 bits per heavy atom. The Hall–Kier alpha value is -4.08. The molecular formula is C29H23N5O2S2. The second-order valence-electron chi connectivity index (χ2n) is 8.37. The standard InChI is InChI=1S/C29H23N5O2S2/c1-2-36-22-15-13-21(14-16-22)33-28(20-8-7-17-30-18-20)31-32-29(33)37-19-27(35)34-23-9-3-5-11-25(23)38-26-12-6-4-10-24(26)34/h3-18H,2,19H2,1H3. The van der Waals surface area contributed by atoms with Crippen molar-refractivity contribution in [1.82, 2.24) is 19.7 Å². The number of anilines is 2. The largest absolute Gasteiger partial charge is 0.494 e. The lowest BCUT2D eigenvalue weighted by atomic mass is 10.2. The van der Waals surface area contributed by atoms with Gasteiger partial charge in [0.2, 0.25) is 5.91 Å². The third kappa shape index (κ3) is 4.66. The maximum Gasteiger partial charge on any atom is 0.242 e. The molecule has 0 N–H and O–H groups in total. The summed E-state index contributed by atoms with van der Waals surface area (Å²) in [5.41, 5.74) is 3.50. The molecule has 2 aromatic heterocycles. The van der Waals surface area contributed by atoms with Gasteiger partial charge in [-0.05, 0) is 67.6 Å². The Labute approximate surface area is 228 Å². The maximum absolute atomic E-state index is 13.7. The van der Waals surface area contributed by atoms with Crippen molar-refractivity contribution >= 4 is 40.8 Å². The summed E-state index contributed by atoms with van der Waals surface area (Å²) in [5.74, 6) is 1.61. The van der Waals surface area contributed by atoms with Gasteiger partial charge in [0.15, 0.2) is 11.0 Å². The van der Waals surface area contributed by atoms with Gasteiger partial charge >= 0.3 is 0 Å². The van der Waals surface area contributed by atoms with E-state index in [0.29, 0.717) is 17.6 Å². The zero-order valence-electron chi connectivity index (χ0n) is 20.5. The van der Waals surface area contributed by atoms with Gasteiger partial charge in [-0.15, -0.1) is 10.2 Å². The Kier molecular flexibility index (Phi) is 6.85. The van der Waals surface area contributed by atoms with Crippen molar-refractivity contribution < 1.29 is 9.53 Å². The first-order valence-electron chi connectivity index (χ1n) is 12.1. The van der Waals surface area contributed by atoms with Gasteiger partial charge in [-0.2, -0.15) is 0 Å². The van der Waals surface area contributed by atoms with Crippen LogP contribution in [0.1, 0.15) is 6.92 Å². The van der Waals surface area contributed by atoms with Crippen LogP contribution in [0.5, 0.6) is 5.75 Å². The molecule has 1 aliphatic heterocycles. The summed E-state index contributed by atoms with van der Waals surface area (Å²) >= 11 is 3.04. The number of carbonyl (C=O) groups is 1. The first kappa shape index (κ1) is 24.3. The highest BCUT2D eigenvalue weighted by Gasteiger charge is 2.28. The third-order valence-electron chi connectivity index (χ3n) is 5.97. The van der Waals surface area contributed by atoms with Gasteiger partial charge in [-0.25, -0.2) is 0 Å². The number of hydrogen-bond donors (Lipinski definition) is 0. The minimum Gasteiger partial charge on any atom is -0.494 e. The van der Waals surface area contributed by atoms with E-state index in [4.69, 9.17) is 4.74 Å². The molecule has 0 saturated carbocycles. The van der Waals surface area contributed by atoms with Crippen LogP contribution in [0.15, 0.2) is 112 Å². The molecule has 3 heterocycles. The van der Waals surface area contributed by atoms with Crippen molar-refractivity contribution in [2.45, 2.75) is 21.9 Å². The summed E-state index contributed by atoms with van der Waals surface area (Å²) in [4.78, 5) is 21.9. The normalized spacial score (nSPS) is 12.1. The molecule has 0 atom stereocenters. The number of rotatable bonds is 7. The van der Waals surface area contributed by atoms with E-state index >= 15 is 0 Å². The van der Waals surface area contributed by atoms with E-state index in [0.717, 1.165) is 38.2 Å². The van der Waals surface area contributed by atoms with E-state index in [1.807, 2.05) is 101 Å². The number of benzene rings is 3. The van der Waals surface area contributed by atoms with E-state index in [-0.39, 0.29) is 11.7 Å². The predicted molar refractivity (Wildman–Crippen MR) is 151 cm³/mol. The minimum atomic E-state index is -0.0284. The van der Waals surface area contributed by atoms with Gasteiger partial charge in [0.25, 0.3) is 0 Å². The first-order valence-corrected chi connectivity index (χ1v) is 13.9. The summed E-state index contributed by atoms with van der Waals surface area (Å²) in [6.45, 7) is 2.55. The van der Waals surface area contributed by atoms with Gasteiger partial charge in [-0.1, -0.05) is 47.8 Å². The van der Waals surface area contributed by atoms with Crippen LogP contribution < -0.4 is 9.64 Å².